The minimum Gasteiger partial charge on any atom is -0.462 e. The first-order valence-corrected chi connectivity index (χ1v) is 5.84. The first-order chi connectivity index (χ1) is 9.21. The fraction of sp³-hybridized carbons (Fsp3) is 0.364. The van der Waals surface area contributed by atoms with E-state index in [2.05, 4.69) is 4.74 Å². The summed E-state index contributed by atoms with van der Waals surface area (Å²) < 4.78 is 31.8. The maximum Gasteiger partial charge on any atom is 0.379 e. The molecule has 9 heteroatoms. The normalized spacial score (nSPS) is 12.8. The molecule has 0 heterocycles. The van der Waals surface area contributed by atoms with Gasteiger partial charge in [-0.1, -0.05) is 11.6 Å². The standard InChI is InChI=1S/C11H11ClF2N2O4/c1-2-20-10(17)11(13,14)9(15)7-5-6(16(18)19)3-4-8(7)12/h3-5,9H,2,15H2,1H3/t9-/m1/s1. The highest BCUT2D eigenvalue weighted by Crippen LogP contribution is 2.35. The number of carbonyl (C=O) groups is 1. The van der Waals surface area contributed by atoms with Crippen LogP contribution in [0.2, 0.25) is 5.02 Å². The lowest BCUT2D eigenvalue weighted by atomic mass is 10.0. The highest BCUT2D eigenvalue weighted by Gasteiger charge is 2.48. The third kappa shape index (κ3) is 3.20. The molecule has 1 aromatic carbocycles. The van der Waals surface area contributed by atoms with Crippen LogP contribution < -0.4 is 5.73 Å². The fourth-order valence-electron chi connectivity index (χ4n) is 1.43. The number of alkyl halides is 2. The van der Waals surface area contributed by atoms with Crippen LogP contribution in [0.5, 0.6) is 0 Å². The average molecular weight is 309 g/mol. The molecule has 0 saturated heterocycles. The zero-order chi connectivity index (χ0) is 15.5. The van der Waals surface area contributed by atoms with Crippen LogP contribution in [0.25, 0.3) is 0 Å². The number of nitro groups is 1. The third-order valence-corrected chi connectivity index (χ3v) is 2.81. The molecule has 0 aromatic heterocycles. The van der Waals surface area contributed by atoms with Crippen molar-refractivity contribution in [1.29, 1.82) is 0 Å². The number of nitro benzene ring substituents is 1. The van der Waals surface area contributed by atoms with Crippen LogP contribution in [0, 0.1) is 10.1 Å². The van der Waals surface area contributed by atoms with Gasteiger partial charge in [-0.3, -0.25) is 10.1 Å². The number of hydrogen-bond acceptors (Lipinski definition) is 5. The van der Waals surface area contributed by atoms with Crippen LogP contribution in [-0.2, 0) is 9.53 Å². The molecule has 0 aliphatic heterocycles. The number of halogens is 3. The molecule has 0 fully saturated rings. The van der Waals surface area contributed by atoms with Gasteiger partial charge >= 0.3 is 11.9 Å². The fourth-order valence-corrected chi connectivity index (χ4v) is 1.67. The second kappa shape index (κ2) is 6.10. The molecule has 0 radical (unpaired) electrons. The Bertz CT molecular complexity index is 539. The van der Waals surface area contributed by atoms with Gasteiger partial charge in [0.2, 0.25) is 0 Å². The number of nitrogens with two attached hydrogens (primary N) is 1. The lowest BCUT2D eigenvalue weighted by molar-refractivity contribution is -0.385. The molecule has 0 aliphatic carbocycles. The van der Waals surface area contributed by atoms with Gasteiger partial charge in [0.05, 0.1) is 11.5 Å². The molecule has 0 spiro atoms. The van der Waals surface area contributed by atoms with E-state index in [0.717, 1.165) is 18.2 Å². The Morgan fingerprint density at radius 2 is 2.20 bits per heavy atom. The summed E-state index contributed by atoms with van der Waals surface area (Å²) in [5.74, 6) is -5.86. The smallest absolute Gasteiger partial charge is 0.379 e. The third-order valence-electron chi connectivity index (χ3n) is 2.46. The molecular weight excluding hydrogens is 298 g/mol. The Balaban J connectivity index is 3.19. The summed E-state index contributed by atoms with van der Waals surface area (Å²) in [5.41, 5.74) is 4.45. The molecular formula is C11H11ClF2N2O4. The number of esters is 1. The van der Waals surface area contributed by atoms with E-state index in [9.17, 15) is 23.7 Å². The van der Waals surface area contributed by atoms with Crippen molar-refractivity contribution >= 4 is 23.3 Å². The molecule has 0 aliphatic rings. The Hall–Kier alpha value is -1.80. The first-order valence-electron chi connectivity index (χ1n) is 5.46. The van der Waals surface area contributed by atoms with Gasteiger partial charge in [0.15, 0.2) is 0 Å². The first kappa shape index (κ1) is 16.3. The predicted octanol–water partition coefficient (Wildman–Crippen LogP) is 2.45. The van der Waals surface area contributed by atoms with E-state index in [0.29, 0.717) is 0 Å². The summed E-state index contributed by atoms with van der Waals surface area (Å²) in [6.07, 6.45) is 0. The molecule has 0 unspecified atom stereocenters. The summed E-state index contributed by atoms with van der Waals surface area (Å²) >= 11 is 5.70. The molecule has 6 nitrogen and oxygen atoms in total. The van der Waals surface area contributed by atoms with E-state index in [4.69, 9.17) is 17.3 Å². The number of carbonyl (C=O) groups excluding carboxylic acids is 1. The molecule has 110 valence electrons. The van der Waals surface area contributed by atoms with Gasteiger partial charge in [-0.2, -0.15) is 8.78 Å². The maximum absolute atomic E-state index is 13.8. The summed E-state index contributed by atoms with van der Waals surface area (Å²) in [4.78, 5) is 21.0. The molecule has 2 N–H and O–H groups in total. The zero-order valence-electron chi connectivity index (χ0n) is 10.3. The number of rotatable bonds is 5. The van der Waals surface area contributed by atoms with Crippen LogP contribution >= 0.6 is 11.6 Å². The Morgan fingerprint density at radius 1 is 1.60 bits per heavy atom. The van der Waals surface area contributed by atoms with E-state index in [-0.39, 0.29) is 11.6 Å². The second-order valence-corrected chi connectivity index (χ2v) is 4.19. The lowest BCUT2D eigenvalue weighted by Crippen LogP contribution is -2.41. The number of nitrogens with zero attached hydrogens (tertiary/aromatic N) is 1. The van der Waals surface area contributed by atoms with Gasteiger partial charge < -0.3 is 10.5 Å². The van der Waals surface area contributed by atoms with Crippen molar-refractivity contribution in [2.45, 2.75) is 18.9 Å². The lowest BCUT2D eigenvalue weighted by Gasteiger charge is -2.22. The van der Waals surface area contributed by atoms with Crippen molar-refractivity contribution in [2.24, 2.45) is 5.73 Å². The quantitative estimate of drug-likeness (QED) is 0.512. The number of benzene rings is 1. The topological polar surface area (TPSA) is 95.5 Å². The van der Waals surface area contributed by atoms with Crippen molar-refractivity contribution in [3.63, 3.8) is 0 Å². The second-order valence-electron chi connectivity index (χ2n) is 3.78. The summed E-state index contributed by atoms with van der Waals surface area (Å²) in [6.45, 7) is 1.11. The van der Waals surface area contributed by atoms with Gasteiger partial charge in [-0.05, 0) is 13.0 Å². The number of ether oxygens (including phenoxy) is 1. The molecule has 1 atom stereocenters. The maximum atomic E-state index is 13.8. The molecule has 0 saturated carbocycles. The molecule has 1 aromatic rings. The summed E-state index contributed by atoms with van der Waals surface area (Å²) in [6, 6.07) is 0.770. The number of hydrogen-bond donors (Lipinski definition) is 1. The van der Waals surface area contributed by atoms with Crippen LogP contribution in [-0.4, -0.2) is 23.4 Å². The van der Waals surface area contributed by atoms with E-state index in [1.807, 2.05) is 0 Å². The highest BCUT2D eigenvalue weighted by molar-refractivity contribution is 6.31. The molecule has 0 amide bonds. The zero-order valence-corrected chi connectivity index (χ0v) is 11.1. The minimum absolute atomic E-state index is 0.202. The Labute approximate surface area is 117 Å². The number of non-ortho nitro benzene ring substituents is 1. The van der Waals surface area contributed by atoms with Crippen molar-refractivity contribution in [1.82, 2.24) is 0 Å². The highest BCUT2D eigenvalue weighted by atomic mass is 35.5. The van der Waals surface area contributed by atoms with Crippen molar-refractivity contribution in [3.8, 4) is 0 Å². The van der Waals surface area contributed by atoms with Crippen LogP contribution in [0.1, 0.15) is 18.5 Å². The SMILES string of the molecule is CCOC(=O)C(F)(F)[C@H](N)c1cc([N+](=O)[O-])ccc1Cl. The van der Waals surface area contributed by atoms with Gasteiger partial charge in [0.25, 0.3) is 5.69 Å². The molecule has 0 bridgehead atoms. The monoisotopic (exact) mass is 308 g/mol. The van der Waals surface area contributed by atoms with Crippen molar-refractivity contribution in [2.75, 3.05) is 6.61 Å². The van der Waals surface area contributed by atoms with Gasteiger partial charge in [-0.25, -0.2) is 4.79 Å². The molecule has 20 heavy (non-hydrogen) atoms. The van der Waals surface area contributed by atoms with Crippen molar-refractivity contribution in [3.05, 3.63) is 38.9 Å². The van der Waals surface area contributed by atoms with Gasteiger partial charge in [-0.15, -0.1) is 0 Å². The van der Waals surface area contributed by atoms with E-state index >= 15 is 0 Å². The predicted molar refractivity (Wildman–Crippen MR) is 66.6 cm³/mol. The Morgan fingerprint density at radius 3 is 2.70 bits per heavy atom. The average Bonchev–Trinajstić information content (AvgIpc) is 2.38. The largest absolute Gasteiger partial charge is 0.462 e. The Kier molecular flexibility index (Phi) is 4.96. The van der Waals surface area contributed by atoms with Gasteiger partial charge in [0, 0.05) is 22.7 Å². The van der Waals surface area contributed by atoms with Crippen LogP contribution in [0.4, 0.5) is 14.5 Å². The van der Waals surface area contributed by atoms with Crippen molar-refractivity contribution < 1.29 is 23.2 Å². The van der Waals surface area contributed by atoms with Gasteiger partial charge in [0.1, 0.15) is 6.04 Å². The molecule has 1 rings (SSSR count). The van der Waals surface area contributed by atoms with Crippen LogP contribution in [0.15, 0.2) is 18.2 Å². The summed E-state index contributed by atoms with van der Waals surface area (Å²) in [5, 5.41) is 10.4. The van der Waals surface area contributed by atoms with Crippen LogP contribution in [0.3, 0.4) is 0 Å². The van der Waals surface area contributed by atoms with E-state index in [1.54, 1.807) is 0 Å². The summed E-state index contributed by atoms with van der Waals surface area (Å²) in [7, 11) is 0. The van der Waals surface area contributed by atoms with E-state index in [1.165, 1.54) is 6.92 Å². The minimum atomic E-state index is -4.05. The van der Waals surface area contributed by atoms with E-state index < -0.39 is 34.1 Å².